The summed E-state index contributed by atoms with van der Waals surface area (Å²) in [6.45, 7) is 2.76. The number of hydrogen-bond acceptors (Lipinski definition) is 1. The first-order valence-electron chi connectivity index (χ1n) is 5.28. The van der Waals surface area contributed by atoms with Crippen molar-refractivity contribution in [3.8, 4) is 0 Å². The van der Waals surface area contributed by atoms with Crippen molar-refractivity contribution in [3.63, 3.8) is 0 Å². The third-order valence-electron chi connectivity index (χ3n) is 2.24. The van der Waals surface area contributed by atoms with E-state index in [-0.39, 0.29) is 6.03 Å². The Morgan fingerprint density at radius 2 is 2.25 bits per heavy atom. The fraction of sp³-hybridized carbons (Fsp3) is 0.417. The highest BCUT2D eigenvalue weighted by molar-refractivity contribution is 9.09. The molecule has 0 atom stereocenters. The Morgan fingerprint density at radius 3 is 2.88 bits per heavy atom. The Kier molecular flexibility index (Phi) is 5.32. The van der Waals surface area contributed by atoms with Gasteiger partial charge in [0, 0.05) is 24.6 Å². The molecule has 0 aliphatic rings. The van der Waals surface area contributed by atoms with Crippen LogP contribution in [0.25, 0.3) is 0 Å². The Bertz CT molecular complexity index is 355. The van der Waals surface area contributed by atoms with Gasteiger partial charge in [-0.05, 0) is 31.0 Å². The Balaban J connectivity index is 2.50. The van der Waals surface area contributed by atoms with Crippen LogP contribution in [0.1, 0.15) is 12.0 Å². The van der Waals surface area contributed by atoms with Gasteiger partial charge < -0.3 is 10.2 Å². The van der Waals surface area contributed by atoms with E-state index in [1.54, 1.807) is 11.9 Å². The van der Waals surface area contributed by atoms with Crippen LogP contribution in [-0.4, -0.2) is 29.9 Å². The second kappa shape index (κ2) is 6.53. The zero-order chi connectivity index (χ0) is 12.0. The molecule has 2 amide bonds. The van der Waals surface area contributed by atoms with Crippen LogP contribution in [0.15, 0.2) is 24.3 Å². The van der Waals surface area contributed by atoms with Gasteiger partial charge >= 0.3 is 6.03 Å². The zero-order valence-corrected chi connectivity index (χ0v) is 11.3. The average molecular weight is 285 g/mol. The highest BCUT2D eigenvalue weighted by atomic mass is 79.9. The molecule has 4 heteroatoms. The molecule has 0 radical (unpaired) electrons. The molecule has 0 aliphatic heterocycles. The summed E-state index contributed by atoms with van der Waals surface area (Å²) in [5.41, 5.74) is 1.98. The molecule has 1 aromatic rings. The van der Waals surface area contributed by atoms with Crippen LogP contribution in [0.2, 0.25) is 0 Å². The van der Waals surface area contributed by atoms with Crippen molar-refractivity contribution in [2.45, 2.75) is 13.3 Å². The lowest BCUT2D eigenvalue weighted by molar-refractivity contribution is 0.222. The van der Waals surface area contributed by atoms with Crippen molar-refractivity contribution in [3.05, 3.63) is 29.8 Å². The molecule has 0 fully saturated rings. The number of alkyl halides is 1. The highest BCUT2D eigenvalue weighted by Crippen LogP contribution is 2.10. The predicted octanol–water partition coefficient (Wildman–Crippen LogP) is 3.24. The molecule has 0 spiro atoms. The van der Waals surface area contributed by atoms with Gasteiger partial charge in [0.05, 0.1) is 0 Å². The van der Waals surface area contributed by atoms with Gasteiger partial charge in [0.1, 0.15) is 0 Å². The van der Waals surface area contributed by atoms with E-state index in [0.717, 1.165) is 29.5 Å². The zero-order valence-electron chi connectivity index (χ0n) is 9.66. The normalized spacial score (nSPS) is 9.94. The van der Waals surface area contributed by atoms with Crippen LogP contribution >= 0.6 is 15.9 Å². The third kappa shape index (κ3) is 4.23. The molecule has 0 aromatic heterocycles. The van der Waals surface area contributed by atoms with Gasteiger partial charge in [-0.2, -0.15) is 0 Å². The molecule has 88 valence electrons. The molecule has 1 rings (SSSR count). The van der Waals surface area contributed by atoms with Gasteiger partial charge in [-0.3, -0.25) is 0 Å². The largest absolute Gasteiger partial charge is 0.328 e. The topological polar surface area (TPSA) is 32.3 Å². The first-order valence-corrected chi connectivity index (χ1v) is 6.40. The van der Waals surface area contributed by atoms with Gasteiger partial charge in [-0.25, -0.2) is 4.79 Å². The second-order valence-corrected chi connectivity index (χ2v) is 4.56. The predicted molar refractivity (Wildman–Crippen MR) is 71.2 cm³/mol. The van der Waals surface area contributed by atoms with E-state index >= 15 is 0 Å². The van der Waals surface area contributed by atoms with E-state index in [1.807, 2.05) is 31.2 Å². The van der Waals surface area contributed by atoms with Crippen LogP contribution in [0, 0.1) is 6.92 Å². The quantitative estimate of drug-likeness (QED) is 0.846. The van der Waals surface area contributed by atoms with Crippen molar-refractivity contribution < 1.29 is 4.79 Å². The molecule has 16 heavy (non-hydrogen) atoms. The fourth-order valence-electron chi connectivity index (χ4n) is 1.34. The molecular weight excluding hydrogens is 268 g/mol. The van der Waals surface area contributed by atoms with Crippen LogP contribution < -0.4 is 5.32 Å². The molecule has 0 bridgehead atoms. The number of nitrogens with one attached hydrogen (secondary N) is 1. The number of aryl methyl sites for hydroxylation is 1. The number of hydrogen-bond donors (Lipinski definition) is 1. The number of amides is 2. The van der Waals surface area contributed by atoms with Crippen molar-refractivity contribution in [1.82, 2.24) is 4.90 Å². The maximum absolute atomic E-state index is 11.7. The van der Waals surface area contributed by atoms with E-state index in [4.69, 9.17) is 0 Å². The highest BCUT2D eigenvalue weighted by Gasteiger charge is 2.07. The number of urea groups is 1. The maximum atomic E-state index is 11.7. The lowest BCUT2D eigenvalue weighted by Gasteiger charge is -2.17. The lowest BCUT2D eigenvalue weighted by atomic mass is 10.2. The fourth-order valence-corrected chi connectivity index (χ4v) is 1.59. The summed E-state index contributed by atoms with van der Waals surface area (Å²) >= 11 is 3.34. The monoisotopic (exact) mass is 284 g/mol. The van der Waals surface area contributed by atoms with E-state index in [1.165, 1.54) is 0 Å². The standard InChI is InChI=1S/C12H17BrN2O/c1-10-5-3-6-11(9-10)14-12(16)15(2)8-4-7-13/h3,5-6,9H,4,7-8H2,1-2H3,(H,14,16). The third-order valence-corrected chi connectivity index (χ3v) is 2.80. The minimum atomic E-state index is -0.0634. The summed E-state index contributed by atoms with van der Waals surface area (Å²) in [6, 6.07) is 7.72. The van der Waals surface area contributed by atoms with Crippen LogP contribution in [-0.2, 0) is 0 Å². The smallest absolute Gasteiger partial charge is 0.321 e. The molecule has 1 N–H and O–H groups in total. The molecule has 0 saturated carbocycles. The van der Waals surface area contributed by atoms with Gasteiger partial charge in [-0.15, -0.1) is 0 Å². The summed E-state index contributed by atoms with van der Waals surface area (Å²) in [5, 5.41) is 3.77. The molecule has 0 aliphatic carbocycles. The van der Waals surface area contributed by atoms with Crippen molar-refractivity contribution >= 4 is 27.6 Å². The summed E-state index contributed by atoms with van der Waals surface area (Å²) in [7, 11) is 1.80. The number of carbonyl (C=O) groups is 1. The number of rotatable bonds is 4. The summed E-state index contributed by atoms with van der Waals surface area (Å²) in [6.07, 6.45) is 0.956. The summed E-state index contributed by atoms with van der Waals surface area (Å²) in [5.74, 6) is 0. The van der Waals surface area contributed by atoms with E-state index in [2.05, 4.69) is 21.2 Å². The summed E-state index contributed by atoms with van der Waals surface area (Å²) < 4.78 is 0. The van der Waals surface area contributed by atoms with Gasteiger partial charge in [0.25, 0.3) is 0 Å². The lowest BCUT2D eigenvalue weighted by Crippen LogP contribution is -2.32. The van der Waals surface area contributed by atoms with E-state index in [9.17, 15) is 4.79 Å². The van der Waals surface area contributed by atoms with Crippen LogP contribution in [0.3, 0.4) is 0 Å². The number of halogens is 1. The molecule has 1 aromatic carbocycles. The Morgan fingerprint density at radius 1 is 1.50 bits per heavy atom. The molecule has 3 nitrogen and oxygen atoms in total. The minimum absolute atomic E-state index is 0.0634. The number of benzene rings is 1. The average Bonchev–Trinajstić information content (AvgIpc) is 2.25. The van der Waals surface area contributed by atoms with Crippen LogP contribution in [0.4, 0.5) is 10.5 Å². The van der Waals surface area contributed by atoms with E-state index in [0.29, 0.717) is 0 Å². The van der Waals surface area contributed by atoms with Gasteiger partial charge in [0.2, 0.25) is 0 Å². The molecule has 0 unspecified atom stereocenters. The van der Waals surface area contributed by atoms with Crippen molar-refractivity contribution in [2.75, 3.05) is 24.2 Å². The molecular formula is C12H17BrN2O. The van der Waals surface area contributed by atoms with Gasteiger partial charge in [0.15, 0.2) is 0 Å². The molecule has 0 saturated heterocycles. The van der Waals surface area contributed by atoms with E-state index < -0.39 is 0 Å². The second-order valence-electron chi connectivity index (χ2n) is 3.76. The number of nitrogens with zero attached hydrogens (tertiary/aromatic N) is 1. The number of carbonyl (C=O) groups excluding carboxylic acids is 1. The molecule has 0 heterocycles. The SMILES string of the molecule is Cc1cccc(NC(=O)N(C)CCCBr)c1. The first-order chi connectivity index (χ1) is 7.63. The summed E-state index contributed by atoms with van der Waals surface area (Å²) in [4.78, 5) is 13.4. The Hall–Kier alpha value is -1.03. The minimum Gasteiger partial charge on any atom is -0.328 e. The van der Waals surface area contributed by atoms with Crippen molar-refractivity contribution in [1.29, 1.82) is 0 Å². The number of anilines is 1. The van der Waals surface area contributed by atoms with Gasteiger partial charge in [-0.1, -0.05) is 28.1 Å². The Labute approximate surface area is 105 Å². The van der Waals surface area contributed by atoms with Crippen LogP contribution in [0.5, 0.6) is 0 Å². The van der Waals surface area contributed by atoms with Crippen molar-refractivity contribution in [2.24, 2.45) is 0 Å². The first kappa shape index (κ1) is 13.0. The maximum Gasteiger partial charge on any atom is 0.321 e.